The Morgan fingerprint density at radius 1 is 1.20 bits per heavy atom. The number of rotatable bonds is 2. The first-order chi connectivity index (χ1) is 6.62. The molecule has 2 nitrogen and oxygen atoms in total. The number of aliphatic hydroxyl groups is 1. The van der Waals surface area contributed by atoms with Gasteiger partial charge >= 0.3 is 0 Å². The van der Waals surface area contributed by atoms with Crippen molar-refractivity contribution in [3.05, 3.63) is 21.9 Å². The predicted octanol–water partition coefficient (Wildman–Crippen LogP) is 2.82. The molecule has 0 radical (unpaired) electrons. The first-order valence-corrected chi connectivity index (χ1v) is 6.01. The molecule has 3 N–H and O–H groups in total. The lowest BCUT2D eigenvalue weighted by Gasteiger charge is -2.25. The van der Waals surface area contributed by atoms with Crippen LogP contribution in [0.1, 0.15) is 50.5 Å². The van der Waals surface area contributed by atoms with Crippen LogP contribution in [0.2, 0.25) is 0 Å². The molecule has 0 saturated carbocycles. The Bertz CT molecular complexity index is 330. The van der Waals surface area contributed by atoms with Crippen LogP contribution >= 0.6 is 11.3 Å². The molecule has 0 fully saturated rings. The third kappa shape index (κ3) is 3.03. The van der Waals surface area contributed by atoms with Crippen molar-refractivity contribution in [1.29, 1.82) is 0 Å². The molecular formula is C12H21NOS. The van der Waals surface area contributed by atoms with Gasteiger partial charge < -0.3 is 10.8 Å². The normalized spacial score (nSPS) is 15.4. The summed E-state index contributed by atoms with van der Waals surface area (Å²) in [5, 5.41) is 10.0. The van der Waals surface area contributed by atoms with Crippen molar-refractivity contribution in [1.82, 2.24) is 0 Å². The quantitative estimate of drug-likeness (QED) is 0.816. The maximum atomic E-state index is 10.0. The topological polar surface area (TPSA) is 46.2 Å². The summed E-state index contributed by atoms with van der Waals surface area (Å²) >= 11 is 1.64. The van der Waals surface area contributed by atoms with Gasteiger partial charge in [0.1, 0.15) is 6.10 Å². The Balaban J connectivity index is 2.95. The van der Waals surface area contributed by atoms with E-state index in [1.165, 1.54) is 4.88 Å². The Labute approximate surface area is 96.1 Å². The number of thiophene rings is 1. The lowest BCUT2D eigenvalue weighted by molar-refractivity contribution is 0.108. The SMILES string of the molecule is CC(C)(C)c1ccc(C(O)C(C)(C)N)s1. The van der Waals surface area contributed by atoms with Crippen LogP contribution in [0.4, 0.5) is 0 Å². The molecule has 15 heavy (non-hydrogen) atoms. The lowest BCUT2D eigenvalue weighted by Crippen LogP contribution is -2.38. The van der Waals surface area contributed by atoms with Gasteiger partial charge in [0.05, 0.1) is 0 Å². The van der Waals surface area contributed by atoms with Gasteiger partial charge in [0.25, 0.3) is 0 Å². The predicted molar refractivity (Wildman–Crippen MR) is 66.2 cm³/mol. The molecule has 1 aromatic rings. The van der Waals surface area contributed by atoms with Gasteiger partial charge in [-0.25, -0.2) is 0 Å². The molecule has 0 aliphatic heterocycles. The van der Waals surface area contributed by atoms with Crippen LogP contribution in [0.3, 0.4) is 0 Å². The third-order valence-corrected chi connectivity index (χ3v) is 3.90. The molecule has 0 bridgehead atoms. The highest BCUT2D eigenvalue weighted by Gasteiger charge is 2.27. The van der Waals surface area contributed by atoms with E-state index in [1.807, 2.05) is 19.9 Å². The number of hydrogen-bond donors (Lipinski definition) is 2. The molecule has 0 aromatic carbocycles. The molecule has 0 spiro atoms. The molecule has 0 amide bonds. The molecule has 1 unspecified atom stereocenters. The first kappa shape index (κ1) is 12.7. The van der Waals surface area contributed by atoms with Crippen molar-refractivity contribution in [3.8, 4) is 0 Å². The highest BCUT2D eigenvalue weighted by molar-refractivity contribution is 7.12. The highest BCUT2D eigenvalue weighted by atomic mass is 32.1. The van der Waals surface area contributed by atoms with E-state index >= 15 is 0 Å². The van der Waals surface area contributed by atoms with Crippen LogP contribution in [0.25, 0.3) is 0 Å². The van der Waals surface area contributed by atoms with Gasteiger partial charge in [-0.05, 0) is 31.4 Å². The zero-order chi connectivity index (χ0) is 11.9. The summed E-state index contributed by atoms with van der Waals surface area (Å²) in [6, 6.07) is 4.06. The molecule has 0 aliphatic rings. The van der Waals surface area contributed by atoms with Gasteiger partial charge in [0.2, 0.25) is 0 Å². The zero-order valence-electron chi connectivity index (χ0n) is 10.2. The minimum atomic E-state index is -0.585. The smallest absolute Gasteiger partial charge is 0.105 e. The zero-order valence-corrected chi connectivity index (χ0v) is 11.0. The molecule has 1 atom stereocenters. The fraction of sp³-hybridized carbons (Fsp3) is 0.667. The minimum Gasteiger partial charge on any atom is -0.386 e. The number of aliphatic hydroxyl groups excluding tert-OH is 1. The van der Waals surface area contributed by atoms with E-state index in [1.54, 1.807) is 11.3 Å². The van der Waals surface area contributed by atoms with Gasteiger partial charge in [0, 0.05) is 15.3 Å². The van der Waals surface area contributed by atoms with Gasteiger partial charge in [-0.3, -0.25) is 0 Å². The summed E-state index contributed by atoms with van der Waals surface area (Å²) < 4.78 is 0. The minimum absolute atomic E-state index is 0.140. The van der Waals surface area contributed by atoms with Gasteiger partial charge in [-0.15, -0.1) is 11.3 Å². The van der Waals surface area contributed by atoms with Gasteiger partial charge in [-0.2, -0.15) is 0 Å². The molecule has 0 aliphatic carbocycles. The third-order valence-electron chi connectivity index (χ3n) is 2.34. The Kier molecular flexibility index (Phi) is 3.29. The van der Waals surface area contributed by atoms with Crippen molar-refractivity contribution in [2.75, 3.05) is 0 Å². The van der Waals surface area contributed by atoms with E-state index in [4.69, 9.17) is 5.73 Å². The fourth-order valence-corrected chi connectivity index (χ4v) is 2.52. The molecule has 3 heteroatoms. The fourth-order valence-electron chi connectivity index (χ4n) is 1.27. The van der Waals surface area contributed by atoms with Crippen molar-refractivity contribution in [2.24, 2.45) is 5.73 Å². The van der Waals surface area contributed by atoms with E-state index in [0.29, 0.717) is 0 Å². The van der Waals surface area contributed by atoms with E-state index in [-0.39, 0.29) is 5.41 Å². The largest absolute Gasteiger partial charge is 0.386 e. The maximum Gasteiger partial charge on any atom is 0.105 e. The van der Waals surface area contributed by atoms with Crippen LogP contribution in [0.5, 0.6) is 0 Å². The van der Waals surface area contributed by atoms with Gasteiger partial charge in [-0.1, -0.05) is 20.8 Å². The van der Waals surface area contributed by atoms with Crippen LogP contribution in [0.15, 0.2) is 12.1 Å². The second-order valence-electron chi connectivity index (χ2n) is 5.68. The summed E-state index contributed by atoms with van der Waals surface area (Å²) in [6.07, 6.45) is -0.585. The van der Waals surface area contributed by atoms with E-state index in [2.05, 4.69) is 26.8 Å². The monoisotopic (exact) mass is 227 g/mol. The second kappa shape index (κ2) is 3.89. The van der Waals surface area contributed by atoms with Crippen molar-refractivity contribution in [2.45, 2.75) is 51.7 Å². The van der Waals surface area contributed by atoms with Crippen LogP contribution in [-0.4, -0.2) is 10.6 Å². The summed E-state index contributed by atoms with van der Waals surface area (Å²) in [4.78, 5) is 2.23. The average Bonchev–Trinajstić information content (AvgIpc) is 2.47. The van der Waals surface area contributed by atoms with Crippen LogP contribution in [-0.2, 0) is 5.41 Å². The van der Waals surface area contributed by atoms with Crippen molar-refractivity contribution in [3.63, 3.8) is 0 Å². The van der Waals surface area contributed by atoms with Crippen molar-refractivity contribution < 1.29 is 5.11 Å². The Morgan fingerprint density at radius 2 is 1.73 bits per heavy atom. The molecule has 1 heterocycles. The van der Waals surface area contributed by atoms with Crippen molar-refractivity contribution >= 4 is 11.3 Å². The number of nitrogens with two attached hydrogens (primary N) is 1. The van der Waals surface area contributed by atoms with E-state index in [9.17, 15) is 5.11 Å². The second-order valence-corrected chi connectivity index (χ2v) is 6.79. The summed E-state index contributed by atoms with van der Waals surface area (Å²) in [5.41, 5.74) is 5.44. The lowest BCUT2D eigenvalue weighted by atomic mass is 9.94. The standard InChI is InChI=1S/C12H21NOS/c1-11(2,3)9-7-6-8(15-9)10(14)12(4,5)13/h6-7,10,14H,13H2,1-5H3. The summed E-state index contributed by atoms with van der Waals surface area (Å²) in [6.45, 7) is 10.2. The van der Waals surface area contributed by atoms with E-state index in [0.717, 1.165) is 4.88 Å². The molecule has 0 saturated heterocycles. The molecule has 86 valence electrons. The average molecular weight is 227 g/mol. The maximum absolute atomic E-state index is 10.0. The molecule has 1 rings (SSSR count). The Hall–Kier alpha value is -0.380. The summed E-state index contributed by atoms with van der Waals surface area (Å²) in [7, 11) is 0. The first-order valence-electron chi connectivity index (χ1n) is 5.19. The molecule has 1 aromatic heterocycles. The highest BCUT2D eigenvalue weighted by Crippen LogP contribution is 2.34. The molecular weight excluding hydrogens is 206 g/mol. The van der Waals surface area contributed by atoms with E-state index < -0.39 is 11.6 Å². The van der Waals surface area contributed by atoms with Crippen LogP contribution in [0, 0.1) is 0 Å². The van der Waals surface area contributed by atoms with Gasteiger partial charge in [0.15, 0.2) is 0 Å². The van der Waals surface area contributed by atoms with Crippen LogP contribution < -0.4 is 5.73 Å². The Morgan fingerprint density at radius 3 is 2.07 bits per heavy atom. The number of hydrogen-bond acceptors (Lipinski definition) is 3. The summed E-state index contributed by atoms with van der Waals surface area (Å²) in [5.74, 6) is 0.